The van der Waals surface area contributed by atoms with E-state index in [1.807, 2.05) is 6.07 Å². The van der Waals surface area contributed by atoms with Crippen molar-refractivity contribution < 1.29 is 32.3 Å². The number of rotatable bonds is 12. The van der Waals surface area contributed by atoms with Crippen molar-refractivity contribution >= 4 is 44.3 Å². The maximum absolute atomic E-state index is 13.6. The van der Waals surface area contributed by atoms with E-state index in [4.69, 9.17) is 19.0 Å². The molecule has 1 heterocycles. The highest BCUT2D eigenvalue weighted by molar-refractivity contribution is 7.92. The number of methoxy groups -OCH3 is 3. The molecule has 210 valence electrons. The Balaban J connectivity index is 1.71. The number of hydroxylamine groups is 1. The molecule has 1 aromatic heterocycles. The summed E-state index contributed by atoms with van der Waals surface area (Å²) in [5.41, 5.74) is 4.33. The molecule has 0 spiro atoms. The Morgan fingerprint density at radius 2 is 1.52 bits per heavy atom. The Labute approximate surface area is 231 Å². The predicted molar refractivity (Wildman–Crippen MR) is 149 cm³/mol. The summed E-state index contributed by atoms with van der Waals surface area (Å²) in [5, 5.41) is 3.12. The molecule has 12 nitrogen and oxygen atoms in total. The van der Waals surface area contributed by atoms with Crippen LogP contribution in [0.4, 0.5) is 17.3 Å². The fourth-order valence-electron chi connectivity index (χ4n) is 3.75. The van der Waals surface area contributed by atoms with Crippen molar-refractivity contribution in [3.05, 3.63) is 72.3 Å². The van der Waals surface area contributed by atoms with Gasteiger partial charge in [-0.05, 0) is 29.8 Å². The standard InChI is InChI=1S/C27H29N5O7S/c1-17(33)31-39-25(16-36-2)18-8-7-9-22(12-18)40(34,35)32-27-26(29-23-10-5-6-11-24(23)30-27)28-19-13-20(37-3)15-21(14-19)38-4/h5-15,25H,16H2,1-4H3,(H,28,29)(H,30,32)(H,31,33). The average Bonchev–Trinajstić information content (AvgIpc) is 2.95. The predicted octanol–water partition coefficient (Wildman–Crippen LogP) is 3.95. The van der Waals surface area contributed by atoms with Gasteiger partial charge < -0.3 is 19.5 Å². The number of anilines is 3. The lowest BCUT2D eigenvalue weighted by molar-refractivity contribution is -0.139. The molecule has 0 fully saturated rings. The molecule has 4 rings (SSSR count). The van der Waals surface area contributed by atoms with E-state index in [2.05, 4.69) is 25.5 Å². The monoisotopic (exact) mass is 567 g/mol. The Morgan fingerprint density at radius 3 is 2.12 bits per heavy atom. The van der Waals surface area contributed by atoms with Crippen LogP contribution in [0.3, 0.4) is 0 Å². The number of benzene rings is 3. The van der Waals surface area contributed by atoms with Gasteiger partial charge in [-0.25, -0.2) is 23.9 Å². The summed E-state index contributed by atoms with van der Waals surface area (Å²) in [7, 11) is 0.376. The van der Waals surface area contributed by atoms with Crippen LogP contribution in [0.2, 0.25) is 0 Å². The fourth-order valence-corrected chi connectivity index (χ4v) is 4.81. The first kappa shape index (κ1) is 28.5. The largest absolute Gasteiger partial charge is 0.497 e. The maximum atomic E-state index is 13.6. The van der Waals surface area contributed by atoms with E-state index in [0.29, 0.717) is 33.8 Å². The minimum atomic E-state index is -4.15. The van der Waals surface area contributed by atoms with E-state index in [9.17, 15) is 13.2 Å². The van der Waals surface area contributed by atoms with E-state index in [1.54, 1.807) is 48.5 Å². The maximum Gasteiger partial charge on any atom is 0.263 e. The number of hydrogen-bond acceptors (Lipinski definition) is 10. The van der Waals surface area contributed by atoms with Gasteiger partial charge in [-0.1, -0.05) is 24.3 Å². The summed E-state index contributed by atoms with van der Waals surface area (Å²) in [6, 6.07) is 18.3. The number of ether oxygens (including phenoxy) is 3. The van der Waals surface area contributed by atoms with E-state index in [0.717, 1.165) is 0 Å². The van der Waals surface area contributed by atoms with Crippen molar-refractivity contribution in [3.63, 3.8) is 0 Å². The van der Waals surface area contributed by atoms with Gasteiger partial charge in [0.2, 0.25) is 5.91 Å². The van der Waals surface area contributed by atoms with Gasteiger partial charge >= 0.3 is 0 Å². The van der Waals surface area contributed by atoms with Crippen LogP contribution < -0.4 is 25.0 Å². The minimum Gasteiger partial charge on any atom is -0.497 e. The van der Waals surface area contributed by atoms with Crippen LogP contribution in [0.1, 0.15) is 18.6 Å². The lowest BCUT2D eigenvalue weighted by Gasteiger charge is -2.18. The number of sulfonamides is 1. The molecule has 0 aliphatic rings. The molecule has 0 radical (unpaired) electrons. The molecular formula is C27H29N5O7S. The zero-order valence-corrected chi connectivity index (χ0v) is 23.1. The third-order valence-corrected chi connectivity index (χ3v) is 6.96. The molecular weight excluding hydrogens is 538 g/mol. The average molecular weight is 568 g/mol. The second-order valence-corrected chi connectivity index (χ2v) is 10.2. The smallest absolute Gasteiger partial charge is 0.263 e. The van der Waals surface area contributed by atoms with Gasteiger partial charge in [-0.2, -0.15) is 0 Å². The van der Waals surface area contributed by atoms with Gasteiger partial charge in [-0.3, -0.25) is 14.4 Å². The second-order valence-electron chi connectivity index (χ2n) is 8.53. The van der Waals surface area contributed by atoms with Crippen molar-refractivity contribution in [2.45, 2.75) is 17.9 Å². The van der Waals surface area contributed by atoms with Crippen molar-refractivity contribution in [1.82, 2.24) is 15.4 Å². The number of para-hydroxylation sites is 2. The lowest BCUT2D eigenvalue weighted by Crippen LogP contribution is -2.25. The summed E-state index contributed by atoms with van der Waals surface area (Å²) in [6.45, 7) is 1.37. The molecule has 0 aliphatic heterocycles. The Kier molecular flexibility index (Phi) is 8.99. The van der Waals surface area contributed by atoms with Crippen LogP contribution in [0.25, 0.3) is 11.0 Å². The van der Waals surface area contributed by atoms with Gasteiger partial charge in [0.1, 0.15) is 17.6 Å². The van der Waals surface area contributed by atoms with E-state index in [1.165, 1.54) is 40.4 Å². The molecule has 0 aliphatic carbocycles. The Bertz CT molecular complexity index is 1590. The normalized spacial score (nSPS) is 12.0. The van der Waals surface area contributed by atoms with Crippen LogP contribution >= 0.6 is 0 Å². The molecule has 1 unspecified atom stereocenters. The van der Waals surface area contributed by atoms with Crippen molar-refractivity contribution in [2.75, 3.05) is 38.0 Å². The van der Waals surface area contributed by atoms with Crippen LogP contribution in [0.5, 0.6) is 11.5 Å². The van der Waals surface area contributed by atoms with Gasteiger partial charge in [0.15, 0.2) is 11.6 Å². The number of nitrogens with zero attached hydrogens (tertiary/aromatic N) is 2. The lowest BCUT2D eigenvalue weighted by atomic mass is 10.1. The number of aromatic nitrogens is 2. The zero-order valence-electron chi connectivity index (χ0n) is 22.3. The summed E-state index contributed by atoms with van der Waals surface area (Å²) >= 11 is 0. The molecule has 0 saturated carbocycles. The Hall–Kier alpha value is -4.46. The highest BCUT2D eigenvalue weighted by atomic mass is 32.2. The first-order valence-electron chi connectivity index (χ1n) is 12.0. The summed E-state index contributed by atoms with van der Waals surface area (Å²) in [4.78, 5) is 25.8. The van der Waals surface area contributed by atoms with Crippen LogP contribution in [-0.4, -0.2) is 52.2 Å². The van der Waals surface area contributed by atoms with Gasteiger partial charge in [0.05, 0.1) is 36.8 Å². The number of carbonyl (C=O) groups is 1. The molecule has 1 amide bonds. The minimum absolute atomic E-state index is 0.0196. The summed E-state index contributed by atoms with van der Waals surface area (Å²) in [6.07, 6.45) is -0.746. The third-order valence-electron chi connectivity index (χ3n) is 5.62. The molecule has 40 heavy (non-hydrogen) atoms. The second kappa shape index (κ2) is 12.6. The number of carbonyl (C=O) groups excluding carboxylic acids is 1. The van der Waals surface area contributed by atoms with E-state index < -0.39 is 22.0 Å². The first-order chi connectivity index (χ1) is 19.2. The first-order valence-corrected chi connectivity index (χ1v) is 13.5. The molecule has 0 bridgehead atoms. The van der Waals surface area contributed by atoms with Gasteiger partial charge in [0, 0.05) is 37.9 Å². The van der Waals surface area contributed by atoms with Gasteiger partial charge in [0.25, 0.3) is 10.0 Å². The molecule has 0 saturated heterocycles. The number of fused-ring (bicyclic) bond motifs is 1. The highest BCUT2D eigenvalue weighted by Crippen LogP contribution is 2.32. The van der Waals surface area contributed by atoms with Crippen molar-refractivity contribution in [1.29, 1.82) is 0 Å². The third kappa shape index (κ3) is 6.94. The molecule has 13 heteroatoms. The zero-order chi connectivity index (χ0) is 28.7. The summed E-state index contributed by atoms with van der Waals surface area (Å²) in [5.74, 6) is 0.798. The molecule has 3 aromatic carbocycles. The van der Waals surface area contributed by atoms with E-state index in [-0.39, 0.29) is 23.1 Å². The molecule has 4 aromatic rings. The molecule has 1 atom stereocenters. The van der Waals surface area contributed by atoms with E-state index >= 15 is 0 Å². The topological polar surface area (TPSA) is 150 Å². The quantitative estimate of drug-likeness (QED) is 0.215. The number of amides is 1. The van der Waals surface area contributed by atoms with Gasteiger partial charge in [-0.15, -0.1) is 0 Å². The summed E-state index contributed by atoms with van der Waals surface area (Å²) < 4.78 is 45.5. The fraction of sp³-hybridized carbons (Fsp3) is 0.222. The van der Waals surface area contributed by atoms with Crippen LogP contribution in [0.15, 0.2) is 71.6 Å². The Morgan fingerprint density at radius 1 is 0.875 bits per heavy atom. The molecule has 3 N–H and O–H groups in total. The number of hydrogen-bond donors (Lipinski definition) is 3. The highest BCUT2D eigenvalue weighted by Gasteiger charge is 2.22. The van der Waals surface area contributed by atoms with Crippen LogP contribution in [0, 0.1) is 0 Å². The SMILES string of the molecule is COCC(ONC(C)=O)c1cccc(S(=O)(=O)Nc2nc3ccccc3nc2Nc2cc(OC)cc(OC)c2)c1. The van der Waals surface area contributed by atoms with Crippen molar-refractivity contribution in [3.8, 4) is 11.5 Å². The van der Waals surface area contributed by atoms with Crippen molar-refractivity contribution in [2.24, 2.45) is 0 Å². The van der Waals surface area contributed by atoms with Crippen LogP contribution in [-0.2, 0) is 24.4 Å². The number of nitrogens with one attached hydrogen (secondary N) is 3.